The zero-order chi connectivity index (χ0) is 12.7. The monoisotopic (exact) mass is 239 g/mol. The first kappa shape index (κ1) is 10.8. The molecule has 0 unspecified atom stereocenters. The van der Waals surface area contributed by atoms with Crippen molar-refractivity contribution in [3.05, 3.63) is 42.2 Å². The number of rotatable bonds is 1. The number of benzene rings is 1. The molecule has 18 heavy (non-hydrogen) atoms. The van der Waals surface area contributed by atoms with E-state index in [4.69, 9.17) is 0 Å². The standard InChI is InChI=1S/C14H13N3O/c1-9-3-4-12-11(7-9)16-14(17(12)2)10-5-6-15-8-13(10)18/h3-8,18H,1-2H3. The molecule has 3 rings (SSSR count). The molecule has 0 aliphatic rings. The highest BCUT2D eigenvalue weighted by molar-refractivity contribution is 5.82. The third-order valence-electron chi connectivity index (χ3n) is 3.08. The van der Waals surface area contributed by atoms with Gasteiger partial charge in [0.15, 0.2) is 0 Å². The smallest absolute Gasteiger partial charge is 0.144 e. The lowest BCUT2D eigenvalue weighted by atomic mass is 10.2. The number of imidazole rings is 1. The van der Waals surface area contributed by atoms with Gasteiger partial charge in [0, 0.05) is 13.2 Å². The molecule has 2 heterocycles. The summed E-state index contributed by atoms with van der Waals surface area (Å²) in [5.74, 6) is 0.892. The Bertz CT molecular complexity index is 731. The first-order chi connectivity index (χ1) is 8.66. The van der Waals surface area contributed by atoms with Crippen LogP contribution in [0.5, 0.6) is 5.75 Å². The van der Waals surface area contributed by atoms with E-state index in [0.717, 1.165) is 16.9 Å². The molecule has 0 bridgehead atoms. The molecule has 0 saturated carbocycles. The van der Waals surface area contributed by atoms with Crippen LogP contribution in [0.4, 0.5) is 0 Å². The molecular weight excluding hydrogens is 226 g/mol. The van der Waals surface area contributed by atoms with E-state index in [9.17, 15) is 5.11 Å². The van der Waals surface area contributed by atoms with E-state index in [-0.39, 0.29) is 5.75 Å². The molecule has 1 aromatic carbocycles. The fourth-order valence-electron chi connectivity index (χ4n) is 2.13. The fraction of sp³-hybridized carbons (Fsp3) is 0.143. The number of aryl methyl sites for hydroxylation is 2. The van der Waals surface area contributed by atoms with Crippen LogP contribution in [0.2, 0.25) is 0 Å². The Balaban J connectivity index is 2.31. The Hall–Kier alpha value is -2.36. The first-order valence-electron chi connectivity index (χ1n) is 5.73. The summed E-state index contributed by atoms with van der Waals surface area (Å²) >= 11 is 0. The quantitative estimate of drug-likeness (QED) is 0.710. The van der Waals surface area contributed by atoms with E-state index in [1.165, 1.54) is 11.8 Å². The van der Waals surface area contributed by atoms with E-state index in [0.29, 0.717) is 5.56 Å². The summed E-state index contributed by atoms with van der Waals surface area (Å²) in [7, 11) is 1.94. The Morgan fingerprint density at radius 1 is 1.22 bits per heavy atom. The molecule has 0 radical (unpaired) electrons. The topological polar surface area (TPSA) is 50.9 Å². The molecule has 3 aromatic rings. The summed E-state index contributed by atoms with van der Waals surface area (Å²) in [6, 6.07) is 7.90. The molecule has 90 valence electrons. The number of fused-ring (bicyclic) bond motifs is 1. The van der Waals surface area contributed by atoms with Crippen LogP contribution in [0.3, 0.4) is 0 Å². The van der Waals surface area contributed by atoms with Crippen molar-refractivity contribution < 1.29 is 5.11 Å². The van der Waals surface area contributed by atoms with Gasteiger partial charge < -0.3 is 9.67 Å². The zero-order valence-electron chi connectivity index (χ0n) is 10.3. The molecule has 0 aliphatic carbocycles. The molecule has 1 N–H and O–H groups in total. The van der Waals surface area contributed by atoms with Crippen molar-refractivity contribution in [1.29, 1.82) is 0 Å². The van der Waals surface area contributed by atoms with Crippen LogP contribution < -0.4 is 0 Å². The minimum absolute atomic E-state index is 0.146. The van der Waals surface area contributed by atoms with E-state index >= 15 is 0 Å². The number of aromatic hydroxyl groups is 1. The zero-order valence-corrected chi connectivity index (χ0v) is 10.3. The van der Waals surface area contributed by atoms with Crippen LogP contribution in [-0.4, -0.2) is 19.6 Å². The fourth-order valence-corrected chi connectivity index (χ4v) is 2.13. The highest BCUT2D eigenvalue weighted by atomic mass is 16.3. The van der Waals surface area contributed by atoms with Gasteiger partial charge in [-0.05, 0) is 30.7 Å². The summed E-state index contributed by atoms with van der Waals surface area (Å²) in [5.41, 5.74) is 3.85. The Labute approximate surface area is 105 Å². The molecule has 4 heteroatoms. The lowest BCUT2D eigenvalue weighted by Crippen LogP contribution is -1.93. The third kappa shape index (κ3) is 1.54. The van der Waals surface area contributed by atoms with Crippen molar-refractivity contribution in [2.75, 3.05) is 0 Å². The van der Waals surface area contributed by atoms with Gasteiger partial charge in [-0.15, -0.1) is 0 Å². The summed E-state index contributed by atoms with van der Waals surface area (Å²) < 4.78 is 1.98. The number of hydrogen-bond acceptors (Lipinski definition) is 3. The van der Waals surface area contributed by atoms with Crippen molar-refractivity contribution in [3.63, 3.8) is 0 Å². The maximum Gasteiger partial charge on any atom is 0.144 e. The van der Waals surface area contributed by atoms with Gasteiger partial charge >= 0.3 is 0 Å². The van der Waals surface area contributed by atoms with Crippen LogP contribution in [0, 0.1) is 6.92 Å². The maximum atomic E-state index is 9.85. The lowest BCUT2D eigenvalue weighted by molar-refractivity contribution is 0.474. The predicted octanol–water partition coefficient (Wildman–Crippen LogP) is 2.65. The average molecular weight is 239 g/mol. The molecule has 0 fully saturated rings. The van der Waals surface area contributed by atoms with Gasteiger partial charge in [-0.1, -0.05) is 6.07 Å². The lowest BCUT2D eigenvalue weighted by Gasteiger charge is -2.03. The highest BCUT2D eigenvalue weighted by Gasteiger charge is 2.12. The van der Waals surface area contributed by atoms with Gasteiger partial charge in [0.1, 0.15) is 11.6 Å². The Kier molecular flexibility index (Phi) is 2.30. The van der Waals surface area contributed by atoms with Crippen molar-refractivity contribution in [3.8, 4) is 17.1 Å². The number of nitrogens with zero attached hydrogens (tertiary/aromatic N) is 3. The van der Waals surface area contributed by atoms with E-state index in [1.807, 2.05) is 30.7 Å². The summed E-state index contributed by atoms with van der Waals surface area (Å²) in [6.07, 6.45) is 3.08. The number of hydrogen-bond donors (Lipinski definition) is 1. The normalized spacial score (nSPS) is 11.0. The Morgan fingerprint density at radius 3 is 2.83 bits per heavy atom. The summed E-state index contributed by atoms with van der Waals surface area (Å²) in [6.45, 7) is 2.04. The molecule has 0 saturated heterocycles. The molecular formula is C14H13N3O. The van der Waals surface area contributed by atoms with Crippen molar-refractivity contribution in [2.24, 2.45) is 7.05 Å². The second-order valence-electron chi connectivity index (χ2n) is 4.38. The Morgan fingerprint density at radius 2 is 2.06 bits per heavy atom. The van der Waals surface area contributed by atoms with E-state index in [2.05, 4.69) is 16.0 Å². The molecule has 0 spiro atoms. The van der Waals surface area contributed by atoms with Crippen molar-refractivity contribution in [2.45, 2.75) is 6.92 Å². The second kappa shape index (κ2) is 3.84. The van der Waals surface area contributed by atoms with Gasteiger partial charge in [-0.25, -0.2) is 4.98 Å². The molecule has 0 aliphatic heterocycles. The van der Waals surface area contributed by atoms with Crippen LogP contribution in [0.25, 0.3) is 22.4 Å². The third-order valence-corrected chi connectivity index (χ3v) is 3.08. The second-order valence-corrected chi connectivity index (χ2v) is 4.38. The average Bonchev–Trinajstić information content (AvgIpc) is 2.67. The molecule has 4 nitrogen and oxygen atoms in total. The summed E-state index contributed by atoms with van der Waals surface area (Å²) in [5, 5.41) is 9.85. The van der Waals surface area contributed by atoms with Crippen LogP contribution in [-0.2, 0) is 7.05 Å². The van der Waals surface area contributed by atoms with Gasteiger partial charge in [0.25, 0.3) is 0 Å². The molecule has 2 aromatic heterocycles. The van der Waals surface area contributed by atoms with Gasteiger partial charge in [-0.2, -0.15) is 0 Å². The summed E-state index contributed by atoms with van der Waals surface area (Å²) in [4.78, 5) is 8.46. The van der Waals surface area contributed by atoms with E-state index < -0.39 is 0 Å². The van der Waals surface area contributed by atoms with Crippen LogP contribution in [0.15, 0.2) is 36.7 Å². The largest absolute Gasteiger partial charge is 0.506 e. The molecule has 0 amide bonds. The maximum absolute atomic E-state index is 9.85. The predicted molar refractivity (Wildman–Crippen MR) is 70.3 cm³/mol. The van der Waals surface area contributed by atoms with Gasteiger partial charge in [0.2, 0.25) is 0 Å². The number of pyridine rings is 1. The minimum Gasteiger partial charge on any atom is -0.506 e. The number of aromatic nitrogens is 3. The first-order valence-corrected chi connectivity index (χ1v) is 5.73. The van der Waals surface area contributed by atoms with Crippen LogP contribution in [0.1, 0.15) is 5.56 Å². The SMILES string of the molecule is Cc1ccc2c(c1)nc(-c1ccncc1O)n2C. The van der Waals surface area contributed by atoms with Gasteiger partial charge in [-0.3, -0.25) is 4.98 Å². The van der Waals surface area contributed by atoms with E-state index in [1.54, 1.807) is 12.3 Å². The molecule has 0 atom stereocenters. The van der Waals surface area contributed by atoms with Crippen molar-refractivity contribution in [1.82, 2.24) is 14.5 Å². The van der Waals surface area contributed by atoms with Gasteiger partial charge in [0.05, 0.1) is 22.8 Å². The van der Waals surface area contributed by atoms with Crippen LogP contribution >= 0.6 is 0 Å². The highest BCUT2D eigenvalue weighted by Crippen LogP contribution is 2.29. The van der Waals surface area contributed by atoms with Crippen molar-refractivity contribution >= 4 is 11.0 Å². The minimum atomic E-state index is 0.146.